The number of aromatic nitrogens is 4. The van der Waals surface area contributed by atoms with Gasteiger partial charge in [0, 0.05) is 21.1 Å². The average Bonchev–Trinajstić information content (AvgIpc) is 2.71. The summed E-state index contributed by atoms with van der Waals surface area (Å²) < 4.78 is 65.8. The standard InChI is InChI=1S/C10H9F5N4O2/c1-17-4-5(18(2)8(21)19(3)6(4)20)16-7(17)9(11,12)10(13,14)15/h1-3H3. The van der Waals surface area contributed by atoms with E-state index in [1.807, 2.05) is 0 Å². The van der Waals surface area contributed by atoms with Crippen LogP contribution in [0, 0.1) is 0 Å². The Kier molecular flexibility index (Phi) is 3.00. The summed E-state index contributed by atoms with van der Waals surface area (Å²) in [6, 6.07) is 0. The van der Waals surface area contributed by atoms with Crippen LogP contribution in [0.3, 0.4) is 0 Å². The van der Waals surface area contributed by atoms with Crippen molar-refractivity contribution in [1.82, 2.24) is 18.7 Å². The fraction of sp³-hybridized carbons (Fsp3) is 0.500. The maximum absolute atomic E-state index is 13.4. The molecule has 0 aromatic carbocycles. The largest absolute Gasteiger partial charge is 0.461 e. The maximum atomic E-state index is 13.4. The van der Waals surface area contributed by atoms with Gasteiger partial charge in [-0.1, -0.05) is 0 Å². The van der Waals surface area contributed by atoms with Gasteiger partial charge < -0.3 is 4.57 Å². The summed E-state index contributed by atoms with van der Waals surface area (Å²) in [4.78, 5) is 26.7. The fourth-order valence-electron chi connectivity index (χ4n) is 1.93. The minimum absolute atomic E-state index is 0.352. The molecule has 11 heteroatoms. The van der Waals surface area contributed by atoms with Crippen LogP contribution in [0.25, 0.3) is 11.2 Å². The first-order valence-corrected chi connectivity index (χ1v) is 5.48. The van der Waals surface area contributed by atoms with Crippen molar-refractivity contribution in [2.24, 2.45) is 21.1 Å². The lowest BCUT2D eigenvalue weighted by molar-refractivity contribution is -0.293. The highest BCUT2D eigenvalue weighted by Crippen LogP contribution is 2.43. The van der Waals surface area contributed by atoms with E-state index in [0.29, 0.717) is 9.13 Å². The lowest BCUT2D eigenvalue weighted by Crippen LogP contribution is -2.37. The molecule has 0 amide bonds. The van der Waals surface area contributed by atoms with Gasteiger partial charge in [0.1, 0.15) is 0 Å². The molecule has 116 valence electrons. The van der Waals surface area contributed by atoms with E-state index in [4.69, 9.17) is 0 Å². The number of aryl methyl sites for hydroxylation is 2. The Hall–Kier alpha value is -2.20. The Labute approximate surface area is 113 Å². The average molecular weight is 312 g/mol. The van der Waals surface area contributed by atoms with Crippen LogP contribution >= 0.6 is 0 Å². The van der Waals surface area contributed by atoms with Gasteiger partial charge in [-0.05, 0) is 0 Å². The van der Waals surface area contributed by atoms with Crippen LogP contribution in [0.2, 0.25) is 0 Å². The third kappa shape index (κ3) is 1.87. The third-order valence-electron chi connectivity index (χ3n) is 3.11. The predicted molar refractivity (Wildman–Crippen MR) is 61.1 cm³/mol. The van der Waals surface area contributed by atoms with Gasteiger partial charge in [0.25, 0.3) is 5.56 Å². The molecule has 2 rings (SSSR count). The van der Waals surface area contributed by atoms with Gasteiger partial charge in [-0.25, -0.2) is 9.78 Å². The lowest BCUT2D eigenvalue weighted by Gasteiger charge is -2.18. The van der Waals surface area contributed by atoms with Crippen LogP contribution in [0.4, 0.5) is 22.0 Å². The SMILES string of the molecule is Cn1c(=O)c2c(nc(C(F)(F)C(F)(F)F)n2C)n(C)c1=O. The molecular weight excluding hydrogens is 303 g/mol. The van der Waals surface area contributed by atoms with Crippen LogP contribution < -0.4 is 11.2 Å². The molecule has 2 aromatic rings. The van der Waals surface area contributed by atoms with Crippen LogP contribution in [0.5, 0.6) is 0 Å². The highest BCUT2D eigenvalue weighted by molar-refractivity contribution is 5.71. The van der Waals surface area contributed by atoms with E-state index in [1.54, 1.807) is 0 Å². The van der Waals surface area contributed by atoms with Gasteiger partial charge in [0.05, 0.1) is 0 Å². The van der Waals surface area contributed by atoms with E-state index in [2.05, 4.69) is 4.98 Å². The molecule has 0 aliphatic carbocycles. The minimum Gasteiger partial charge on any atom is -0.320 e. The van der Waals surface area contributed by atoms with Crippen LogP contribution in [0.15, 0.2) is 9.59 Å². The monoisotopic (exact) mass is 312 g/mol. The summed E-state index contributed by atoms with van der Waals surface area (Å²) in [5.41, 5.74) is -2.94. The van der Waals surface area contributed by atoms with Crippen molar-refractivity contribution in [2.45, 2.75) is 12.1 Å². The smallest absolute Gasteiger partial charge is 0.320 e. The van der Waals surface area contributed by atoms with Crippen molar-refractivity contribution >= 4 is 11.2 Å². The minimum atomic E-state index is -5.87. The first-order chi connectivity index (χ1) is 9.41. The van der Waals surface area contributed by atoms with E-state index >= 15 is 0 Å². The number of alkyl halides is 5. The van der Waals surface area contributed by atoms with Crippen LogP contribution in [0.1, 0.15) is 5.82 Å². The second-order valence-corrected chi connectivity index (χ2v) is 4.44. The Bertz CT molecular complexity index is 842. The summed E-state index contributed by atoms with van der Waals surface area (Å²) in [6.07, 6.45) is -5.87. The van der Waals surface area contributed by atoms with E-state index in [1.165, 1.54) is 0 Å². The molecule has 0 aliphatic rings. The van der Waals surface area contributed by atoms with Crippen molar-refractivity contribution in [3.63, 3.8) is 0 Å². The molecule has 21 heavy (non-hydrogen) atoms. The van der Waals surface area contributed by atoms with E-state index < -0.39 is 40.3 Å². The Morgan fingerprint density at radius 1 is 0.905 bits per heavy atom. The van der Waals surface area contributed by atoms with Gasteiger partial charge in [0.15, 0.2) is 17.0 Å². The molecule has 0 spiro atoms. The van der Waals surface area contributed by atoms with Crippen molar-refractivity contribution in [3.05, 3.63) is 26.7 Å². The van der Waals surface area contributed by atoms with E-state index in [0.717, 1.165) is 25.7 Å². The fourth-order valence-corrected chi connectivity index (χ4v) is 1.93. The van der Waals surface area contributed by atoms with Crippen molar-refractivity contribution in [1.29, 1.82) is 0 Å². The number of halogens is 5. The number of rotatable bonds is 1. The number of nitrogens with zero attached hydrogens (tertiary/aromatic N) is 4. The topological polar surface area (TPSA) is 61.8 Å². The van der Waals surface area contributed by atoms with Gasteiger partial charge >= 0.3 is 17.8 Å². The second kappa shape index (κ2) is 4.15. The molecule has 0 bridgehead atoms. The van der Waals surface area contributed by atoms with E-state index in [-0.39, 0.29) is 0 Å². The van der Waals surface area contributed by atoms with Gasteiger partial charge in [0.2, 0.25) is 0 Å². The van der Waals surface area contributed by atoms with Gasteiger partial charge in [-0.3, -0.25) is 13.9 Å². The summed E-state index contributed by atoms with van der Waals surface area (Å²) in [6.45, 7) is 0. The first-order valence-electron chi connectivity index (χ1n) is 5.48. The molecule has 2 heterocycles. The zero-order valence-electron chi connectivity index (χ0n) is 11.0. The highest BCUT2D eigenvalue weighted by atomic mass is 19.4. The normalized spacial score (nSPS) is 13.1. The molecule has 0 radical (unpaired) electrons. The van der Waals surface area contributed by atoms with Crippen molar-refractivity contribution in [2.75, 3.05) is 0 Å². The van der Waals surface area contributed by atoms with Crippen LogP contribution in [-0.4, -0.2) is 24.9 Å². The number of imidazole rings is 1. The zero-order valence-corrected chi connectivity index (χ0v) is 11.0. The predicted octanol–water partition coefficient (Wildman–Crippen LogP) is 0.625. The molecule has 0 aliphatic heterocycles. The Morgan fingerprint density at radius 3 is 1.90 bits per heavy atom. The molecule has 0 N–H and O–H groups in total. The molecule has 0 saturated carbocycles. The molecule has 0 atom stereocenters. The maximum Gasteiger partial charge on any atom is 0.461 e. The summed E-state index contributed by atoms with van der Waals surface area (Å²) in [5, 5.41) is 0. The molecule has 0 saturated heterocycles. The summed E-state index contributed by atoms with van der Waals surface area (Å²) >= 11 is 0. The zero-order chi connectivity index (χ0) is 16.3. The number of hydrogen-bond donors (Lipinski definition) is 0. The molecule has 2 aromatic heterocycles. The third-order valence-corrected chi connectivity index (χ3v) is 3.11. The molecule has 0 unspecified atom stereocenters. The summed E-state index contributed by atoms with van der Waals surface area (Å²) in [5.74, 6) is -6.90. The lowest BCUT2D eigenvalue weighted by atomic mass is 10.3. The quantitative estimate of drug-likeness (QED) is 0.726. The Balaban J connectivity index is 2.99. The number of hydrogen-bond acceptors (Lipinski definition) is 3. The van der Waals surface area contributed by atoms with E-state index in [9.17, 15) is 31.5 Å². The summed E-state index contributed by atoms with van der Waals surface area (Å²) in [7, 11) is 3.06. The van der Waals surface area contributed by atoms with Gasteiger partial charge in [-0.2, -0.15) is 22.0 Å². The van der Waals surface area contributed by atoms with Crippen LogP contribution in [-0.2, 0) is 27.1 Å². The van der Waals surface area contributed by atoms with Crippen molar-refractivity contribution in [3.8, 4) is 0 Å². The van der Waals surface area contributed by atoms with Crippen molar-refractivity contribution < 1.29 is 22.0 Å². The molecule has 0 fully saturated rings. The van der Waals surface area contributed by atoms with Gasteiger partial charge in [-0.15, -0.1) is 0 Å². The number of fused-ring (bicyclic) bond motifs is 1. The first kappa shape index (κ1) is 15.2. The molecule has 6 nitrogen and oxygen atoms in total. The highest BCUT2D eigenvalue weighted by Gasteiger charge is 2.61. The Morgan fingerprint density at radius 2 is 1.43 bits per heavy atom. The second-order valence-electron chi connectivity index (χ2n) is 4.44. The molecular formula is C10H9F5N4O2.